The van der Waals surface area contributed by atoms with Gasteiger partial charge in [-0.05, 0) is 18.7 Å². The van der Waals surface area contributed by atoms with Gasteiger partial charge in [-0.1, -0.05) is 30.3 Å². The Kier molecular flexibility index (Phi) is 5.52. The fourth-order valence-corrected chi connectivity index (χ4v) is 3.50. The summed E-state index contributed by atoms with van der Waals surface area (Å²) < 4.78 is 0. The third kappa shape index (κ3) is 3.77. The van der Waals surface area contributed by atoms with Crippen LogP contribution in [0, 0.1) is 11.3 Å². The molecular weight excluding hydrogens is 376 g/mol. The van der Waals surface area contributed by atoms with Crippen LogP contribution in [0.4, 0.5) is 16.3 Å². The van der Waals surface area contributed by atoms with E-state index in [0.29, 0.717) is 16.3 Å². The summed E-state index contributed by atoms with van der Waals surface area (Å²) in [5.41, 5.74) is 8.01. The van der Waals surface area contributed by atoms with Gasteiger partial charge >= 0.3 is 6.03 Å². The first-order valence-electron chi connectivity index (χ1n) is 8.33. The Balaban J connectivity index is 1.96. The number of hydrogen-bond donors (Lipinski definition) is 4. The number of pyridine rings is 1. The molecule has 5 N–H and O–H groups in total. The molecular formula is C19H18N6O2S. The monoisotopic (exact) mass is 394 g/mol. The lowest BCUT2D eigenvalue weighted by molar-refractivity contribution is -0.113. The second-order valence-electron chi connectivity index (χ2n) is 6.03. The van der Waals surface area contributed by atoms with E-state index in [4.69, 9.17) is 5.73 Å². The summed E-state index contributed by atoms with van der Waals surface area (Å²) in [5.74, 6) is -0.197. The molecule has 28 heavy (non-hydrogen) atoms. The lowest BCUT2D eigenvalue weighted by Crippen LogP contribution is -2.46. The van der Waals surface area contributed by atoms with Crippen LogP contribution in [0.15, 0.2) is 52.7 Å². The first kappa shape index (κ1) is 19.3. The number of allylic oxidation sites excluding steroid dienone is 1. The smallest absolute Gasteiger partial charge is 0.319 e. The molecule has 1 atom stereocenters. The lowest BCUT2D eigenvalue weighted by Gasteiger charge is -2.28. The van der Waals surface area contributed by atoms with E-state index in [1.54, 1.807) is 13.2 Å². The number of nitriles is 1. The van der Waals surface area contributed by atoms with Crippen molar-refractivity contribution < 1.29 is 9.59 Å². The van der Waals surface area contributed by atoms with Gasteiger partial charge in [0.1, 0.15) is 22.5 Å². The molecule has 0 aliphatic carbocycles. The van der Waals surface area contributed by atoms with Crippen LogP contribution >= 0.6 is 11.8 Å². The summed E-state index contributed by atoms with van der Waals surface area (Å²) in [4.78, 5) is 29.2. The van der Waals surface area contributed by atoms with Crippen molar-refractivity contribution >= 4 is 35.2 Å². The highest BCUT2D eigenvalue weighted by molar-refractivity contribution is 7.98. The Labute approximate surface area is 166 Å². The Morgan fingerprint density at radius 1 is 1.36 bits per heavy atom. The molecule has 3 amide bonds. The van der Waals surface area contributed by atoms with E-state index in [0.717, 1.165) is 5.56 Å². The van der Waals surface area contributed by atoms with Crippen molar-refractivity contribution in [2.45, 2.75) is 18.0 Å². The largest absolute Gasteiger partial charge is 0.397 e. The van der Waals surface area contributed by atoms with Crippen molar-refractivity contribution in [1.82, 2.24) is 15.6 Å². The quantitative estimate of drug-likeness (QED) is 0.589. The number of nitrogens with zero attached hydrogens (tertiary/aromatic N) is 2. The minimum atomic E-state index is -0.606. The number of nitrogens with one attached hydrogen (secondary N) is 3. The molecule has 142 valence electrons. The third-order valence-electron chi connectivity index (χ3n) is 4.21. The molecule has 1 aromatic carbocycles. The van der Waals surface area contributed by atoms with Gasteiger partial charge in [-0.15, -0.1) is 11.8 Å². The third-order valence-corrected chi connectivity index (χ3v) is 4.89. The fraction of sp³-hybridized carbons (Fsp3) is 0.158. The highest BCUT2D eigenvalue weighted by atomic mass is 32.2. The summed E-state index contributed by atoms with van der Waals surface area (Å²) in [5, 5.41) is 17.7. The summed E-state index contributed by atoms with van der Waals surface area (Å²) in [6, 6.07) is 11.7. The normalized spacial score (nSPS) is 16.0. The van der Waals surface area contributed by atoms with Gasteiger partial charge in [-0.25, -0.2) is 9.78 Å². The molecule has 9 heteroatoms. The summed E-state index contributed by atoms with van der Waals surface area (Å²) in [6.45, 7) is 1.66. The Bertz CT molecular complexity index is 1010. The molecule has 0 bridgehead atoms. The number of carbonyl (C=O) groups is 2. The minimum absolute atomic E-state index is 0.231. The summed E-state index contributed by atoms with van der Waals surface area (Å²) >= 11 is 1.26. The number of benzene rings is 1. The highest BCUT2D eigenvalue weighted by Gasteiger charge is 2.31. The van der Waals surface area contributed by atoms with Gasteiger partial charge in [-0.3, -0.25) is 4.79 Å². The fourth-order valence-electron chi connectivity index (χ4n) is 2.94. The van der Waals surface area contributed by atoms with Crippen molar-refractivity contribution in [2.75, 3.05) is 17.3 Å². The number of carbonyl (C=O) groups excluding carboxylic acids is 2. The van der Waals surface area contributed by atoms with Crippen LogP contribution in [-0.2, 0) is 4.79 Å². The lowest BCUT2D eigenvalue weighted by atomic mass is 9.95. The van der Waals surface area contributed by atoms with Crippen molar-refractivity contribution in [3.8, 4) is 6.07 Å². The molecule has 1 aromatic heterocycles. The summed E-state index contributed by atoms with van der Waals surface area (Å²) in [6.07, 6.45) is 1.77. The predicted molar refractivity (Wildman–Crippen MR) is 107 cm³/mol. The van der Waals surface area contributed by atoms with Gasteiger partial charge in [0, 0.05) is 11.8 Å². The molecule has 8 nitrogen and oxygen atoms in total. The average molecular weight is 394 g/mol. The maximum Gasteiger partial charge on any atom is 0.319 e. The van der Waals surface area contributed by atoms with E-state index >= 15 is 0 Å². The van der Waals surface area contributed by atoms with Gasteiger partial charge in [0.05, 0.1) is 17.3 Å². The molecule has 3 rings (SSSR count). The van der Waals surface area contributed by atoms with E-state index in [1.165, 1.54) is 17.8 Å². The number of hydrogen-bond acceptors (Lipinski definition) is 6. The number of urea groups is 1. The van der Waals surface area contributed by atoms with Crippen molar-refractivity contribution in [2.24, 2.45) is 0 Å². The maximum atomic E-state index is 13.0. The van der Waals surface area contributed by atoms with Crippen LogP contribution in [0.5, 0.6) is 0 Å². The number of aromatic nitrogens is 1. The zero-order chi connectivity index (χ0) is 20.3. The van der Waals surface area contributed by atoms with Gasteiger partial charge in [0.15, 0.2) is 0 Å². The van der Waals surface area contributed by atoms with E-state index in [-0.39, 0.29) is 23.1 Å². The second-order valence-corrected chi connectivity index (χ2v) is 6.82. The van der Waals surface area contributed by atoms with E-state index in [1.807, 2.05) is 36.4 Å². The van der Waals surface area contributed by atoms with Gasteiger partial charge in [0.2, 0.25) is 0 Å². The zero-order valence-electron chi connectivity index (χ0n) is 15.2. The van der Waals surface area contributed by atoms with Crippen LogP contribution in [0.25, 0.3) is 0 Å². The van der Waals surface area contributed by atoms with Crippen LogP contribution < -0.4 is 21.7 Å². The van der Waals surface area contributed by atoms with E-state index in [2.05, 4.69) is 20.9 Å². The molecule has 2 heterocycles. The minimum Gasteiger partial charge on any atom is -0.397 e. The standard InChI is InChI=1S/C19H18N6O2S/c1-10-15(16(25-19(27)22-10)11-6-4-3-5-7-11)17(26)23-14-8-13(21)12(9-20)18(24-14)28-2/h3-8,16H,1-2H3,(H2,22,25,27)(H3,21,23,24,26). The van der Waals surface area contributed by atoms with Gasteiger partial charge in [0.25, 0.3) is 5.91 Å². The van der Waals surface area contributed by atoms with Crippen LogP contribution in [0.2, 0.25) is 0 Å². The average Bonchev–Trinajstić information content (AvgIpc) is 2.67. The molecule has 1 aliphatic heterocycles. The molecule has 0 fully saturated rings. The molecule has 1 aliphatic rings. The van der Waals surface area contributed by atoms with Gasteiger partial charge in [-0.2, -0.15) is 5.26 Å². The Hall–Kier alpha value is -3.51. The first-order valence-corrected chi connectivity index (χ1v) is 9.56. The topological polar surface area (TPSA) is 133 Å². The summed E-state index contributed by atoms with van der Waals surface area (Å²) in [7, 11) is 0. The molecule has 1 unspecified atom stereocenters. The second kappa shape index (κ2) is 8.02. The van der Waals surface area contributed by atoms with Crippen molar-refractivity contribution in [3.63, 3.8) is 0 Å². The molecule has 0 saturated carbocycles. The number of nitrogens with two attached hydrogens (primary N) is 1. The van der Waals surface area contributed by atoms with Crippen LogP contribution in [-0.4, -0.2) is 23.2 Å². The number of thioether (sulfide) groups is 1. The van der Waals surface area contributed by atoms with E-state index in [9.17, 15) is 14.9 Å². The Morgan fingerprint density at radius 3 is 2.71 bits per heavy atom. The zero-order valence-corrected chi connectivity index (χ0v) is 16.1. The highest BCUT2D eigenvalue weighted by Crippen LogP contribution is 2.29. The number of nitrogen functional groups attached to an aromatic ring is 1. The van der Waals surface area contributed by atoms with E-state index < -0.39 is 11.9 Å². The van der Waals surface area contributed by atoms with Crippen molar-refractivity contribution in [3.05, 3.63) is 58.8 Å². The number of anilines is 2. The number of rotatable bonds is 4. The molecule has 0 saturated heterocycles. The molecule has 2 aromatic rings. The number of amides is 3. The maximum absolute atomic E-state index is 13.0. The van der Waals surface area contributed by atoms with Crippen molar-refractivity contribution in [1.29, 1.82) is 5.26 Å². The first-order chi connectivity index (χ1) is 13.4. The van der Waals surface area contributed by atoms with Gasteiger partial charge < -0.3 is 21.7 Å². The predicted octanol–water partition coefficient (Wildman–Crippen LogP) is 2.52. The molecule has 0 radical (unpaired) electrons. The van der Waals surface area contributed by atoms with Crippen LogP contribution in [0.3, 0.4) is 0 Å². The van der Waals surface area contributed by atoms with Crippen LogP contribution in [0.1, 0.15) is 24.1 Å². The Morgan fingerprint density at radius 2 is 2.07 bits per heavy atom. The molecule has 0 spiro atoms. The SMILES string of the molecule is CSc1nc(NC(=O)C2=C(C)NC(=O)NC2c2ccccc2)cc(N)c1C#N.